The monoisotopic (exact) mass is 217 g/mol. The van der Waals surface area contributed by atoms with Gasteiger partial charge >= 0.3 is 0 Å². The minimum absolute atomic E-state index is 0.0892. The molecule has 1 saturated heterocycles. The van der Waals surface area contributed by atoms with Gasteiger partial charge in [-0.05, 0) is 23.6 Å². The van der Waals surface area contributed by atoms with Crippen LogP contribution >= 0.6 is 0 Å². The molecular formula is C12H11NO3. The van der Waals surface area contributed by atoms with Crippen LogP contribution in [0.3, 0.4) is 0 Å². The van der Waals surface area contributed by atoms with Crippen LogP contribution in [-0.4, -0.2) is 18.2 Å². The standard InChI is InChI=1S/C12H11NO3/c14-11-4-2-8-7-9(1-3-10(8)13-11)12-15-5-6-16-12/h1-4,7,12H,5-6H2,(H,13,14). The van der Waals surface area contributed by atoms with Crippen molar-refractivity contribution < 1.29 is 9.47 Å². The first-order valence-corrected chi connectivity index (χ1v) is 5.19. The van der Waals surface area contributed by atoms with Gasteiger partial charge in [-0.1, -0.05) is 6.07 Å². The molecule has 0 bridgehead atoms. The van der Waals surface area contributed by atoms with Gasteiger partial charge in [0.15, 0.2) is 6.29 Å². The van der Waals surface area contributed by atoms with E-state index in [0.717, 1.165) is 16.5 Å². The number of hydrogen-bond donors (Lipinski definition) is 1. The van der Waals surface area contributed by atoms with Crippen LogP contribution in [0.2, 0.25) is 0 Å². The number of aromatic nitrogens is 1. The average molecular weight is 217 g/mol. The van der Waals surface area contributed by atoms with Crippen molar-refractivity contribution >= 4 is 10.9 Å². The topological polar surface area (TPSA) is 51.3 Å². The molecule has 3 rings (SSSR count). The molecule has 82 valence electrons. The summed E-state index contributed by atoms with van der Waals surface area (Å²) >= 11 is 0. The molecule has 1 aliphatic heterocycles. The Morgan fingerprint density at radius 1 is 1.12 bits per heavy atom. The highest BCUT2D eigenvalue weighted by Crippen LogP contribution is 2.25. The molecule has 0 radical (unpaired) electrons. The third kappa shape index (κ3) is 1.62. The van der Waals surface area contributed by atoms with Gasteiger partial charge in [0, 0.05) is 17.1 Å². The van der Waals surface area contributed by atoms with Crippen molar-refractivity contribution in [2.24, 2.45) is 0 Å². The summed E-state index contributed by atoms with van der Waals surface area (Å²) in [6.45, 7) is 1.27. The molecule has 0 atom stereocenters. The lowest BCUT2D eigenvalue weighted by molar-refractivity contribution is -0.0440. The summed E-state index contributed by atoms with van der Waals surface area (Å²) < 4.78 is 10.8. The van der Waals surface area contributed by atoms with Crippen molar-refractivity contribution in [3.63, 3.8) is 0 Å². The van der Waals surface area contributed by atoms with Crippen LogP contribution in [0.5, 0.6) is 0 Å². The molecule has 0 amide bonds. The number of ether oxygens (including phenoxy) is 2. The van der Waals surface area contributed by atoms with E-state index < -0.39 is 0 Å². The maximum Gasteiger partial charge on any atom is 0.248 e. The second kappa shape index (κ2) is 3.73. The van der Waals surface area contributed by atoms with Crippen molar-refractivity contribution in [1.29, 1.82) is 0 Å². The smallest absolute Gasteiger partial charge is 0.248 e. The number of aromatic amines is 1. The molecule has 1 N–H and O–H groups in total. The van der Waals surface area contributed by atoms with Gasteiger partial charge in [-0.2, -0.15) is 0 Å². The number of pyridine rings is 1. The minimum Gasteiger partial charge on any atom is -0.346 e. The van der Waals surface area contributed by atoms with E-state index >= 15 is 0 Å². The van der Waals surface area contributed by atoms with Crippen molar-refractivity contribution in [1.82, 2.24) is 4.98 Å². The van der Waals surface area contributed by atoms with Gasteiger partial charge in [0.05, 0.1) is 13.2 Å². The molecule has 1 aromatic heterocycles. The normalized spacial score (nSPS) is 17.0. The molecule has 0 saturated carbocycles. The summed E-state index contributed by atoms with van der Waals surface area (Å²) in [7, 11) is 0. The largest absolute Gasteiger partial charge is 0.346 e. The van der Waals surface area contributed by atoms with Gasteiger partial charge in [-0.3, -0.25) is 4.79 Å². The number of nitrogens with one attached hydrogen (secondary N) is 1. The highest BCUT2D eigenvalue weighted by Gasteiger charge is 2.18. The SMILES string of the molecule is O=c1ccc2cc(C3OCCO3)ccc2[nH]1. The Morgan fingerprint density at radius 3 is 2.75 bits per heavy atom. The van der Waals surface area contributed by atoms with E-state index in [1.54, 1.807) is 6.07 Å². The van der Waals surface area contributed by atoms with Crippen LogP contribution < -0.4 is 5.56 Å². The van der Waals surface area contributed by atoms with Gasteiger partial charge in [0.25, 0.3) is 0 Å². The fourth-order valence-corrected chi connectivity index (χ4v) is 1.87. The number of benzene rings is 1. The number of rotatable bonds is 1. The zero-order valence-electron chi connectivity index (χ0n) is 8.60. The molecule has 2 heterocycles. The summed E-state index contributed by atoms with van der Waals surface area (Å²) in [4.78, 5) is 13.9. The molecular weight excluding hydrogens is 206 g/mol. The second-order valence-electron chi connectivity index (χ2n) is 3.74. The quantitative estimate of drug-likeness (QED) is 0.788. The summed E-state index contributed by atoms with van der Waals surface area (Å²) in [5.41, 5.74) is 1.72. The van der Waals surface area contributed by atoms with E-state index in [9.17, 15) is 4.79 Å². The van der Waals surface area contributed by atoms with Crippen LogP contribution in [-0.2, 0) is 9.47 Å². The van der Waals surface area contributed by atoms with E-state index in [1.807, 2.05) is 18.2 Å². The van der Waals surface area contributed by atoms with Crippen LogP contribution in [0.1, 0.15) is 11.9 Å². The van der Waals surface area contributed by atoms with Crippen LogP contribution in [0.4, 0.5) is 0 Å². The molecule has 1 aromatic carbocycles. The molecule has 0 aliphatic carbocycles. The average Bonchev–Trinajstić information content (AvgIpc) is 2.82. The van der Waals surface area contributed by atoms with Gasteiger partial charge in [-0.25, -0.2) is 0 Å². The molecule has 0 spiro atoms. The first-order chi connectivity index (χ1) is 7.83. The minimum atomic E-state index is -0.267. The van der Waals surface area contributed by atoms with E-state index in [-0.39, 0.29) is 11.8 Å². The molecule has 2 aromatic rings. The zero-order chi connectivity index (χ0) is 11.0. The molecule has 1 aliphatic rings. The van der Waals surface area contributed by atoms with Crippen molar-refractivity contribution in [2.45, 2.75) is 6.29 Å². The van der Waals surface area contributed by atoms with Crippen LogP contribution in [0, 0.1) is 0 Å². The highest BCUT2D eigenvalue weighted by atomic mass is 16.7. The van der Waals surface area contributed by atoms with E-state index in [4.69, 9.17) is 9.47 Å². The van der Waals surface area contributed by atoms with Gasteiger partial charge in [0.2, 0.25) is 5.56 Å². The first kappa shape index (κ1) is 9.57. The first-order valence-electron chi connectivity index (χ1n) is 5.19. The fourth-order valence-electron chi connectivity index (χ4n) is 1.87. The third-order valence-electron chi connectivity index (χ3n) is 2.64. The Balaban J connectivity index is 2.08. The van der Waals surface area contributed by atoms with Crippen LogP contribution in [0.15, 0.2) is 35.1 Å². The molecule has 4 nitrogen and oxygen atoms in total. The zero-order valence-corrected chi connectivity index (χ0v) is 8.60. The number of H-pyrrole nitrogens is 1. The van der Waals surface area contributed by atoms with E-state index in [1.165, 1.54) is 6.07 Å². The van der Waals surface area contributed by atoms with E-state index in [0.29, 0.717) is 13.2 Å². The Bertz CT molecular complexity index is 570. The lowest BCUT2D eigenvalue weighted by Gasteiger charge is -2.09. The summed E-state index contributed by atoms with van der Waals surface area (Å²) in [6.07, 6.45) is -0.267. The third-order valence-corrected chi connectivity index (χ3v) is 2.64. The lowest BCUT2D eigenvalue weighted by Crippen LogP contribution is -2.03. The Morgan fingerprint density at radius 2 is 1.94 bits per heavy atom. The highest BCUT2D eigenvalue weighted by molar-refractivity contribution is 5.78. The Labute approximate surface area is 91.8 Å². The fraction of sp³-hybridized carbons (Fsp3) is 0.250. The number of hydrogen-bond acceptors (Lipinski definition) is 3. The predicted octanol–water partition coefficient (Wildman–Crippen LogP) is 1.57. The van der Waals surface area contributed by atoms with Crippen molar-refractivity contribution in [3.8, 4) is 0 Å². The molecule has 1 fully saturated rings. The Kier molecular flexibility index (Phi) is 2.23. The maximum absolute atomic E-state index is 11.1. The van der Waals surface area contributed by atoms with Gasteiger partial charge in [-0.15, -0.1) is 0 Å². The maximum atomic E-state index is 11.1. The van der Waals surface area contributed by atoms with Gasteiger partial charge < -0.3 is 14.5 Å². The molecule has 0 unspecified atom stereocenters. The molecule has 4 heteroatoms. The van der Waals surface area contributed by atoms with Crippen molar-refractivity contribution in [2.75, 3.05) is 13.2 Å². The number of fused-ring (bicyclic) bond motifs is 1. The lowest BCUT2D eigenvalue weighted by atomic mass is 10.1. The predicted molar refractivity (Wildman–Crippen MR) is 59.2 cm³/mol. The summed E-state index contributed by atoms with van der Waals surface area (Å²) in [6, 6.07) is 9.07. The summed E-state index contributed by atoms with van der Waals surface area (Å²) in [5, 5.41) is 0.983. The van der Waals surface area contributed by atoms with Gasteiger partial charge in [0.1, 0.15) is 0 Å². The molecule has 16 heavy (non-hydrogen) atoms. The summed E-state index contributed by atoms with van der Waals surface area (Å²) in [5.74, 6) is 0. The van der Waals surface area contributed by atoms with Crippen LogP contribution in [0.25, 0.3) is 10.9 Å². The Hall–Kier alpha value is -1.65. The van der Waals surface area contributed by atoms with E-state index in [2.05, 4.69) is 4.98 Å². The second-order valence-corrected chi connectivity index (χ2v) is 3.74. The van der Waals surface area contributed by atoms with Crippen molar-refractivity contribution in [3.05, 3.63) is 46.2 Å².